The first-order valence-electron chi connectivity index (χ1n) is 4.50. The monoisotopic (exact) mass is 190 g/mol. The van der Waals surface area contributed by atoms with Crippen LogP contribution in [0.3, 0.4) is 0 Å². The van der Waals surface area contributed by atoms with Crippen molar-refractivity contribution in [2.24, 2.45) is 0 Å². The summed E-state index contributed by atoms with van der Waals surface area (Å²) < 4.78 is 16.8. The summed E-state index contributed by atoms with van der Waals surface area (Å²) in [5.41, 5.74) is -0.0521. The van der Waals surface area contributed by atoms with Crippen LogP contribution in [0.5, 0.6) is 0 Å². The Labute approximate surface area is 77.9 Å². The maximum Gasteiger partial charge on any atom is 0.108 e. The molecule has 1 saturated heterocycles. The van der Waals surface area contributed by atoms with Crippen LogP contribution in [0.4, 0.5) is 0 Å². The molecule has 0 bridgehead atoms. The number of ether oxygens (including phenoxy) is 1. The van der Waals surface area contributed by atoms with Crippen LogP contribution in [0.25, 0.3) is 0 Å². The Morgan fingerprint density at radius 3 is 2.17 bits per heavy atom. The highest BCUT2D eigenvalue weighted by atomic mass is 32.2. The maximum atomic E-state index is 11.0. The minimum Gasteiger partial charge on any atom is -0.616 e. The van der Waals surface area contributed by atoms with Gasteiger partial charge >= 0.3 is 0 Å². The smallest absolute Gasteiger partial charge is 0.108 e. The summed E-state index contributed by atoms with van der Waals surface area (Å²) in [7, 11) is 0. The van der Waals surface area contributed by atoms with Crippen LogP contribution in [0.1, 0.15) is 33.6 Å². The summed E-state index contributed by atoms with van der Waals surface area (Å²) in [5, 5.41) is 0. The highest BCUT2D eigenvalue weighted by Gasteiger charge is 2.25. The van der Waals surface area contributed by atoms with E-state index in [0.717, 1.165) is 24.3 Å². The van der Waals surface area contributed by atoms with Crippen molar-refractivity contribution in [3.8, 4) is 0 Å². The van der Waals surface area contributed by atoms with Gasteiger partial charge in [-0.2, -0.15) is 0 Å². The molecule has 0 radical (unpaired) electrons. The molecule has 0 amide bonds. The minimum absolute atomic E-state index is 0.0521. The quantitative estimate of drug-likeness (QED) is 0.590. The molecule has 0 aromatic heterocycles. The van der Waals surface area contributed by atoms with E-state index < -0.39 is 11.2 Å². The van der Waals surface area contributed by atoms with Crippen molar-refractivity contribution in [1.82, 2.24) is 0 Å². The van der Waals surface area contributed by atoms with Crippen molar-refractivity contribution in [3.63, 3.8) is 0 Å². The normalized spacial score (nSPS) is 32.0. The molecule has 1 aliphatic heterocycles. The van der Waals surface area contributed by atoms with Crippen LogP contribution in [0.15, 0.2) is 0 Å². The Hall–Kier alpha value is 0.270. The van der Waals surface area contributed by atoms with Crippen LogP contribution in [0.2, 0.25) is 0 Å². The van der Waals surface area contributed by atoms with Gasteiger partial charge in [0.25, 0.3) is 0 Å². The predicted molar refractivity (Wildman–Crippen MR) is 51.7 cm³/mol. The third-order valence-corrected chi connectivity index (χ3v) is 3.24. The third-order valence-electron chi connectivity index (χ3n) is 1.86. The largest absolute Gasteiger partial charge is 0.616 e. The van der Waals surface area contributed by atoms with Crippen molar-refractivity contribution < 1.29 is 9.29 Å². The molecule has 0 N–H and O–H groups in total. The fourth-order valence-electron chi connectivity index (χ4n) is 1.39. The molecule has 1 aliphatic rings. The standard InChI is InChI=1S/C9H18O2S/c1-9(2,3)11-8-4-6-12(10)7-5-8/h8H,4-7H2,1-3H3. The lowest BCUT2D eigenvalue weighted by Gasteiger charge is -2.30. The van der Waals surface area contributed by atoms with Gasteiger partial charge in [0.2, 0.25) is 0 Å². The summed E-state index contributed by atoms with van der Waals surface area (Å²) in [6.07, 6.45) is 2.26. The third kappa shape index (κ3) is 3.78. The first-order chi connectivity index (χ1) is 5.47. The van der Waals surface area contributed by atoms with Crippen molar-refractivity contribution in [2.75, 3.05) is 11.5 Å². The van der Waals surface area contributed by atoms with Crippen LogP contribution in [0, 0.1) is 0 Å². The summed E-state index contributed by atoms with van der Waals surface area (Å²) in [4.78, 5) is 0. The zero-order valence-electron chi connectivity index (χ0n) is 8.13. The molecule has 0 aromatic rings. The lowest BCUT2D eigenvalue weighted by atomic mass is 10.1. The van der Waals surface area contributed by atoms with Gasteiger partial charge in [0.15, 0.2) is 0 Å². The number of hydrogen-bond donors (Lipinski definition) is 0. The molecule has 12 heavy (non-hydrogen) atoms. The molecule has 72 valence electrons. The van der Waals surface area contributed by atoms with Crippen LogP contribution in [-0.2, 0) is 15.9 Å². The summed E-state index contributed by atoms with van der Waals surface area (Å²) in [6, 6.07) is 0. The molecule has 0 unspecified atom stereocenters. The number of hydrogen-bond acceptors (Lipinski definition) is 2. The summed E-state index contributed by atoms with van der Waals surface area (Å²) >= 11 is -0.569. The highest BCUT2D eigenvalue weighted by Crippen LogP contribution is 2.20. The van der Waals surface area contributed by atoms with E-state index in [1.54, 1.807) is 0 Å². The van der Waals surface area contributed by atoms with Crippen LogP contribution in [-0.4, -0.2) is 27.8 Å². The van der Waals surface area contributed by atoms with Gasteiger partial charge in [-0.05, 0) is 20.8 Å². The lowest BCUT2D eigenvalue weighted by molar-refractivity contribution is -0.0628. The molecule has 1 heterocycles. The van der Waals surface area contributed by atoms with E-state index in [0.29, 0.717) is 6.10 Å². The molecule has 0 aromatic carbocycles. The fraction of sp³-hybridized carbons (Fsp3) is 1.00. The minimum atomic E-state index is -0.569. The molecule has 0 aliphatic carbocycles. The Balaban J connectivity index is 2.26. The van der Waals surface area contributed by atoms with Gasteiger partial charge in [-0.1, -0.05) is 11.2 Å². The highest BCUT2D eigenvalue weighted by molar-refractivity contribution is 7.91. The van der Waals surface area contributed by atoms with Crippen LogP contribution < -0.4 is 0 Å². The van der Waals surface area contributed by atoms with Gasteiger partial charge in [-0.25, -0.2) is 0 Å². The average Bonchev–Trinajstić information content (AvgIpc) is 1.91. The first kappa shape index (κ1) is 10.4. The predicted octanol–water partition coefficient (Wildman–Crippen LogP) is 1.71. The second kappa shape index (κ2) is 3.99. The second-order valence-electron chi connectivity index (χ2n) is 4.28. The van der Waals surface area contributed by atoms with Gasteiger partial charge < -0.3 is 9.29 Å². The van der Waals surface area contributed by atoms with E-state index >= 15 is 0 Å². The van der Waals surface area contributed by atoms with Crippen LogP contribution >= 0.6 is 0 Å². The molecule has 0 spiro atoms. The molecule has 0 saturated carbocycles. The maximum absolute atomic E-state index is 11.0. The van der Waals surface area contributed by atoms with E-state index in [2.05, 4.69) is 20.8 Å². The molecular weight excluding hydrogens is 172 g/mol. The Bertz CT molecular complexity index is 134. The Kier molecular flexibility index (Phi) is 3.44. The van der Waals surface area contributed by atoms with E-state index in [4.69, 9.17) is 4.74 Å². The van der Waals surface area contributed by atoms with Crippen molar-refractivity contribution in [1.29, 1.82) is 0 Å². The van der Waals surface area contributed by atoms with E-state index in [1.807, 2.05) is 0 Å². The summed E-state index contributed by atoms with van der Waals surface area (Å²) in [6.45, 7) is 6.20. The van der Waals surface area contributed by atoms with Gasteiger partial charge in [0.05, 0.1) is 11.7 Å². The second-order valence-corrected chi connectivity index (χ2v) is 5.97. The average molecular weight is 190 g/mol. The first-order valence-corrected chi connectivity index (χ1v) is 5.99. The van der Waals surface area contributed by atoms with E-state index in [-0.39, 0.29) is 5.60 Å². The number of rotatable bonds is 1. The summed E-state index contributed by atoms with van der Waals surface area (Å²) in [5.74, 6) is 1.64. The SMILES string of the molecule is CC(C)(C)OC1CC[S+]([O-])CC1. The van der Waals surface area contributed by atoms with Gasteiger partial charge in [-0.15, -0.1) is 0 Å². The topological polar surface area (TPSA) is 32.3 Å². The zero-order valence-corrected chi connectivity index (χ0v) is 8.95. The van der Waals surface area contributed by atoms with E-state index in [1.165, 1.54) is 0 Å². The molecule has 1 rings (SSSR count). The molecule has 3 heteroatoms. The van der Waals surface area contributed by atoms with Crippen molar-refractivity contribution in [2.45, 2.75) is 45.3 Å². The Morgan fingerprint density at radius 2 is 1.75 bits per heavy atom. The van der Waals surface area contributed by atoms with Gasteiger partial charge in [-0.3, -0.25) is 0 Å². The lowest BCUT2D eigenvalue weighted by Crippen LogP contribution is -2.34. The van der Waals surface area contributed by atoms with E-state index in [9.17, 15) is 4.55 Å². The zero-order chi connectivity index (χ0) is 9.19. The molecular formula is C9H18O2S. The molecule has 2 nitrogen and oxygen atoms in total. The van der Waals surface area contributed by atoms with Gasteiger partial charge in [0.1, 0.15) is 11.5 Å². The van der Waals surface area contributed by atoms with Crippen molar-refractivity contribution >= 4 is 11.2 Å². The Morgan fingerprint density at radius 1 is 1.25 bits per heavy atom. The fourth-order valence-corrected chi connectivity index (χ4v) is 2.65. The van der Waals surface area contributed by atoms with Crippen molar-refractivity contribution in [3.05, 3.63) is 0 Å². The molecule has 0 atom stereocenters. The molecule has 1 fully saturated rings. The van der Waals surface area contributed by atoms with Gasteiger partial charge in [0, 0.05) is 12.8 Å².